The van der Waals surface area contributed by atoms with Gasteiger partial charge in [0.1, 0.15) is 11.5 Å². The molecule has 0 aromatic heterocycles. The Morgan fingerprint density at radius 2 is 1.73 bits per heavy atom. The van der Waals surface area contributed by atoms with E-state index in [1.54, 1.807) is 30.3 Å². The molecule has 33 heavy (non-hydrogen) atoms. The summed E-state index contributed by atoms with van der Waals surface area (Å²) in [7, 11) is 0. The van der Waals surface area contributed by atoms with Crippen LogP contribution in [0.5, 0.6) is 11.5 Å². The molecule has 0 aliphatic carbocycles. The Morgan fingerprint density at radius 1 is 0.970 bits per heavy atom. The lowest BCUT2D eigenvalue weighted by Gasteiger charge is -2.12. The van der Waals surface area contributed by atoms with Crippen LogP contribution in [0.4, 0.5) is 11.4 Å². The number of fused-ring (bicyclic) bond motifs is 1. The fourth-order valence-electron chi connectivity index (χ4n) is 3.20. The zero-order chi connectivity index (χ0) is 23.4. The van der Waals surface area contributed by atoms with Crippen LogP contribution in [-0.2, 0) is 4.79 Å². The number of non-ortho nitro benzene ring substituents is 1. The number of hydrogen-bond donors (Lipinski definition) is 1. The maximum Gasteiger partial charge on any atom is 0.270 e. The number of anilines is 1. The molecular weight excluding hydrogens is 508 g/mol. The molecule has 0 saturated heterocycles. The van der Waals surface area contributed by atoms with Gasteiger partial charge in [0.25, 0.3) is 5.69 Å². The number of benzene rings is 4. The second-order valence-electron chi connectivity index (χ2n) is 7.01. The zero-order valence-corrected chi connectivity index (χ0v) is 19.3. The van der Waals surface area contributed by atoms with Crippen LogP contribution < -0.4 is 10.1 Å². The summed E-state index contributed by atoms with van der Waals surface area (Å²) in [4.78, 5) is 22.6. The van der Waals surface area contributed by atoms with Gasteiger partial charge in [0, 0.05) is 33.8 Å². The second kappa shape index (κ2) is 9.85. The number of hydrogen-bond acceptors (Lipinski definition) is 4. The van der Waals surface area contributed by atoms with Crippen LogP contribution in [0.3, 0.4) is 0 Å². The smallest absolute Gasteiger partial charge is 0.270 e. The fourth-order valence-corrected chi connectivity index (χ4v) is 3.90. The van der Waals surface area contributed by atoms with Crippen molar-refractivity contribution in [1.29, 1.82) is 0 Å². The maximum absolute atomic E-state index is 12.3. The van der Waals surface area contributed by atoms with E-state index in [9.17, 15) is 14.9 Å². The first-order chi connectivity index (χ1) is 15.9. The first-order valence-corrected chi connectivity index (χ1v) is 11.0. The van der Waals surface area contributed by atoms with Gasteiger partial charge in [-0.3, -0.25) is 14.9 Å². The summed E-state index contributed by atoms with van der Waals surface area (Å²) in [6.45, 7) is 0. The Balaban J connectivity index is 1.47. The summed E-state index contributed by atoms with van der Waals surface area (Å²) in [6.07, 6.45) is 2.80. The molecular formula is C25H16BrClN2O4. The van der Waals surface area contributed by atoms with Crippen molar-refractivity contribution >= 4 is 61.7 Å². The van der Waals surface area contributed by atoms with Gasteiger partial charge in [-0.25, -0.2) is 0 Å². The molecule has 4 rings (SSSR count). The van der Waals surface area contributed by atoms with E-state index in [2.05, 4.69) is 21.2 Å². The third-order valence-corrected chi connectivity index (χ3v) is 5.75. The number of nitrogens with one attached hydrogen (secondary N) is 1. The monoisotopic (exact) mass is 522 g/mol. The van der Waals surface area contributed by atoms with Gasteiger partial charge in [-0.1, -0.05) is 63.9 Å². The summed E-state index contributed by atoms with van der Waals surface area (Å²) in [5.41, 5.74) is 0.989. The van der Waals surface area contributed by atoms with E-state index in [1.807, 2.05) is 36.4 Å². The minimum Gasteiger partial charge on any atom is -0.455 e. The quantitative estimate of drug-likeness (QED) is 0.160. The predicted molar refractivity (Wildman–Crippen MR) is 134 cm³/mol. The Hall–Kier alpha value is -3.68. The van der Waals surface area contributed by atoms with Crippen LogP contribution in [0.15, 0.2) is 89.4 Å². The van der Waals surface area contributed by atoms with Gasteiger partial charge in [-0.15, -0.1) is 0 Å². The third kappa shape index (κ3) is 5.39. The van der Waals surface area contributed by atoms with E-state index in [1.165, 1.54) is 24.3 Å². The summed E-state index contributed by atoms with van der Waals surface area (Å²) < 4.78 is 7.00. The lowest BCUT2D eigenvalue weighted by molar-refractivity contribution is -0.384. The highest BCUT2D eigenvalue weighted by Crippen LogP contribution is 2.37. The van der Waals surface area contributed by atoms with Crippen molar-refractivity contribution in [3.05, 3.63) is 110 Å². The lowest BCUT2D eigenvalue weighted by atomic mass is 10.1. The minimum absolute atomic E-state index is 0.0431. The highest BCUT2D eigenvalue weighted by molar-refractivity contribution is 9.10. The van der Waals surface area contributed by atoms with E-state index in [-0.39, 0.29) is 5.69 Å². The highest BCUT2D eigenvalue weighted by atomic mass is 79.9. The Bertz CT molecular complexity index is 1400. The molecule has 0 aliphatic rings. The first kappa shape index (κ1) is 22.5. The molecule has 4 aromatic rings. The average molecular weight is 524 g/mol. The van der Waals surface area contributed by atoms with E-state index in [0.717, 1.165) is 15.2 Å². The molecule has 0 radical (unpaired) electrons. The molecule has 1 amide bonds. The number of carbonyl (C=O) groups excluding carboxylic acids is 1. The topological polar surface area (TPSA) is 81.5 Å². The molecule has 6 nitrogen and oxygen atoms in total. The number of nitro groups is 1. The zero-order valence-electron chi connectivity index (χ0n) is 17.0. The van der Waals surface area contributed by atoms with E-state index >= 15 is 0 Å². The highest BCUT2D eigenvalue weighted by Gasteiger charge is 2.10. The maximum atomic E-state index is 12.3. The normalized spacial score (nSPS) is 11.0. The van der Waals surface area contributed by atoms with Gasteiger partial charge in [-0.2, -0.15) is 0 Å². The molecule has 0 saturated carbocycles. The fraction of sp³-hybridized carbons (Fsp3) is 0. The minimum atomic E-state index is -0.486. The van der Waals surface area contributed by atoms with Gasteiger partial charge in [0.15, 0.2) is 0 Å². The Kier molecular flexibility index (Phi) is 6.72. The van der Waals surface area contributed by atoms with Crippen molar-refractivity contribution in [3.8, 4) is 11.5 Å². The summed E-state index contributed by atoms with van der Waals surface area (Å²) in [5.74, 6) is 0.715. The SMILES string of the molecule is O=C(/C=C/c1cccc([N+](=O)[O-])c1)Nc1ccc(Oc2ccc(Br)c3ccccc23)c(Cl)c1. The van der Waals surface area contributed by atoms with Crippen LogP contribution in [0.25, 0.3) is 16.8 Å². The molecule has 0 heterocycles. The molecule has 0 aliphatic heterocycles. The van der Waals surface area contributed by atoms with Crippen molar-refractivity contribution in [2.45, 2.75) is 0 Å². The number of rotatable bonds is 6. The molecule has 0 spiro atoms. The van der Waals surface area contributed by atoms with Crippen molar-refractivity contribution in [3.63, 3.8) is 0 Å². The number of halogens is 2. The molecule has 8 heteroatoms. The summed E-state index contributed by atoms with van der Waals surface area (Å²) in [5, 5.41) is 15.9. The van der Waals surface area contributed by atoms with Gasteiger partial charge < -0.3 is 10.1 Å². The van der Waals surface area contributed by atoms with Crippen LogP contribution in [0.2, 0.25) is 5.02 Å². The first-order valence-electron chi connectivity index (χ1n) is 9.79. The van der Waals surface area contributed by atoms with Crippen molar-refractivity contribution in [1.82, 2.24) is 0 Å². The van der Waals surface area contributed by atoms with E-state index in [4.69, 9.17) is 16.3 Å². The van der Waals surface area contributed by atoms with Crippen molar-refractivity contribution in [2.24, 2.45) is 0 Å². The van der Waals surface area contributed by atoms with E-state index < -0.39 is 10.8 Å². The van der Waals surface area contributed by atoms with Gasteiger partial charge in [0.2, 0.25) is 5.91 Å². The van der Waals surface area contributed by atoms with Crippen molar-refractivity contribution < 1.29 is 14.5 Å². The van der Waals surface area contributed by atoms with E-state index in [0.29, 0.717) is 27.8 Å². The molecule has 0 unspecified atom stereocenters. The van der Waals surface area contributed by atoms with Gasteiger partial charge in [0.05, 0.1) is 9.95 Å². The predicted octanol–water partition coefficient (Wildman–Crippen LogP) is 7.61. The number of nitro benzene ring substituents is 1. The third-order valence-electron chi connectivity index (χ3n) is 4.76. The molecule has 4 aromatic carbocycles. The van der Waals surface area contributed by atoms with Crippen LogP contribution in [0, 0.1) is 10.1 Å². The Morgan fingerprint density at radius 3 is 2.48 bits per heavy atom. The molecule has 0 fully saturated rings. The van der Waals surface area contributed by atoms with Gasteiger partial charge in [-0.05, 0) is 47.4 Å². The number of nitrogens with zero attached hydrogens (tertiary/aromatic N) is 1. The second-order valence-corrected chi connectivity index (χ2v) is 8.27. The van der Waals surface area contributed by atoms with Crippen LogP contribution in [0.1, 0.15) is 5.56 Å². The number of amides is 1. The number of carbonyl (C=O) groups is 1. The van der Waals surface area contributed by atoms with Gasteiger partial charge >= 0.3 is 0 Å². The standard InChI is InChI=1S/C25H16BrClN2O4/c26-21-10-12-23(20-7-2-1-6-19(20)21)33-24-11-9-17(15-22(24)27)28-25(30)13-8-16-4-3-5-18(14-16)29(31)32/h1-15H,(H,28,30)/b13-8+. The average Bonchev–Trinajstić information content (AvgIpc) is 2.81. The summed E-state index contributed by atoms with van der Waals surface area (Å²) >= 11 is 9.94. The lowest BCUT2D eigenvalue weighted by Crippen LogP contribution is -2.07. The largest absolute Gasteiger partial charge is 0.455 e. The van der Waals surface area contributed by atoms with Crippen molar-refractivity contribution in [2.75, 3.05) is 5.32 Å². The van der Waals surface area contributed by atoms with Crippen LogP contribution >= 0.6 is 27.5 Å². The molecule has 164 valence electrons. The Labute approximate surface area is 202 Å². The molecule has 0 bridgehead atoms. The van der Waals surface area contributed by atoms with Crippen LogP contribution in [-0.4, -0.2) is 10.8 Å². The molecule has 0 atom stereocenters. The number of ether oxygens (including phenoxy) is 1. The molecule has 1 N–H and O–H groups in total. The summed E-state index contributed by atoms with van der Waals surface area (Å²) in [6, 6.07) is 22.6.